The lowest BCUT2D eigenvalue weighted by Crippen LogP contribution is -2.48. The monoisotopic (exact) mass is 561 g/mol. The molecule has 12 nitrogen and oxygen atoms in total. The number of rotatable bonds is 11. The van der Waals surface area contributed by atoms with Crippen LogP contribution in [0.3, 0.4) is 0 Å². The summed E-state index contributed by atoms with van der Waals surface area (Å²) < 4.78 is 43.8. The second kappa shape index (κ2) is 11.9. The highest BCUT2D eigenvalue weighted by molar-refractivity contribution is 8.09. The third-order valence-electron chi connectivity index (χ3n) is 5.28. The zero-order valence-corrected chi connectivity index (χ0v) is 22.2. The van der Waals surface area contributed by atoms with Crippen LogP contribution in [0.25, 0.3) is 0 Å². The first-order valence-electron chi connectivity index (χ1n) is 11.2. The van der Waals surface area contributed by atoms with E-state index in [4.69, 9.17) is 35.1 Å². The highest BCUT2D eigenvalue weighted by atomic mass is 32.5. The smallest absolute Gasteiger partial charge is 0.330 e. The van der Waals surface area contributed by atoms with Gasteiger partial charge in [-0.2, -0.15) is 0 Å². The fraction of sp³-hybridized carbons (Fsp3) is 0.500. The van der Waals surface area contributed by atoms with Crippen molar-refractivity contribution in [3.8, 4) is 5.75 Å². The molecule has 1 fully saturated rings. The number of aromatic nitrogens is 2. The van der Waals surface area contributed by atoms with Gasteiger partial charge in [-0.05, 0) is 44.7 Å². The number of nitrogens with one attached hydrogen (secondary N) is 2. The average Bonchev–Trinajstić information content (AvgIpc) is 3.08. The van der Waals surface area contributed by atoms with E-state index >= 15 is 4.39 Å². The van der Waals surface area contributed by atoms with Crippen LogP contribution in [0.1, 0.15) is 27.0 Å². The number of aliphatic hydroxyl groups is 1. The molecule has 0 saturated carbocycles. The number of nitrogens with zero attached hydrogens (tertiary/aromatic N) is 1. The van der Waals surface area contributed by atoms with Crippen LogP contribution in [0, 0.1) is 0 Å². The van der Waals surface area contributed by atoms with Crippen molar-refractivity contribution in [2.45, 2.75) is 57.2 Å². The number of halogens is 1. The number of methoxy groups -OCH3 is 1. The predicted octanol–water partition coefficient (Wildman–Crippen LogP) is 1.36. The highest BCUT2D eigenvalue weighted by Crippen LogP contribution is 2.48. The Labute approximate surface area is 216 Å². The molecule has 0 amide bonds. The summed E-state index contributed by atoms with van der Waals surface area (Å²) in [6.45, 7) is 0.654. The molecule has 2 aromatic rings. The van der Waals surface area contributed by atoms with Gasteiger partial charge in [0, 0.05) is 19.4 Å². The van der Waals surface area contributed by atoms with E-state index in [9.17, 15) is 19.5 Å². The van der Waals surface area contributed by atoms with Gasteiger partial charge < -0.3 is 28.4 Å². The molecular weight excluding hydrogens is 532 g/mol. The van der Waals surface area contributed by atoms with Gasteiger partial charge in [-0.3, -0.25) is 19.1 Å². The van der Waals surface area contributed by atoms with Crippen molar-refractivity contribution in [3.05, 3.63) is 63.4 Å². The van der Waals surface area contributed by atoms with Crippen LogP contribution in [0.5, 0.6) is 5.75 Å². The van der Waals surface area contributed by atoms with E-state index < -0.39 is 60.8 Å². The molecule has 1 aromatic heterocycles. The molecule has 204 valence electrons. The molecule has 0 aliphatic carbocycles. The Bertz CT molecular complexity index is 1240. The Hall–Kier alpha value is -2.45. The zero-order valence-electron chi connectivity index (χ0n) is 20.5. The number of para-hydroxylation sites is 1. The molecule has 6 unspecified atom stereocenters. The normalized spacial score (nSPS) is 26.0. The summed E-state index contributed by atoms with van der Waals surface area (Å²) >= 11 is 5.62. The Morgan fingerprint density at radius 1 is 1.30 bits per heavy atom. The highest BCUT2D eigenvalue weighted by Gasteiger charge is 2.58. The van der Waals surface area contributed by atoms with Crippen LogP contribution in [0.4, 0.5) is 4.39 Å². The van der Waals surface area contributed by atoms with Crippen LogP contribution in [0.15, 0.2) is 52.2 Å². The van der Waals surface area contributed by atoms with Crippen LogP contribution in [0.2, 0.25) is 0 Å². The molecule has 15 heteroatoms. The summed E-state index contributed by atoms with van der Waals surface area (Å²) in [5, 5.41) is 13.5. The summed E-state index contributed by atoms with van der Waals surface area (Å²) in [5.74, 6) is -2.40. The van der Waals surface area contributed by atoms with Gasteiger partial charge in [-0.25, -0.2) is 14.3 Å². The molecule has 2 heterocycles. The minimum atomic E-state index is -3.58. The van der Waals surface area contributed by atoms with E-state index in [1.807, 2.05) is 4.98 Å². The number of esters is 1. The van der Waals surface area contributed by atoms with Gasteiger partial charge in [-0.1, -0.05) is 18.2 Å². The molecule has 3 rings (SSSR count). The van der Waals surface area contributed by atoms with Crippen LogP contribution < -0.4 is 20.9 Å². The van der Waals surface area contributed by atoms with Gasteiger partial charge in [-0.15, -0.1) is 0 Å². The van der Waals surface area contributed by atoms with Crippen molar-refractivity contribution < 1.29 is 37.5 Å². The standard InChI is InChI=1S/C22H29FN3O9PS/c1-13(2)33-20(29)14(3)25-36(37,35-15-8-6-5-7-9-15)32-12-22(31-4)18(28)17(23)19(34-22)26-11-10-16(27)24-21(26)30/h5-11,13-14,17-19,28H,12H2,1-4H3,(H,25,37)(H,24,27,30). The van der Waals surface area contributed by atoms with Gasteiger partial charge in [0.1, 0.15) is 24.5 Å². The lowest BCUT2D eigenvalue weighted by atomic mass is 10.1. The second-order valence-corrected chi connectivity index (χ2v) is 11.6. The topological polar surface area (TPSA) is 150 Å². The molecule has 37 heavy (non-hydrogen) atoms. The number of benzene rings is 1. The number of ether oxygens (including phenoxy) is 3. The van der Waals surface area contributed by atoms with Crippen molar-refractivity contribution in [2.75, 3.05) is 13.7 Å². The molecule has 0 spiro atoms. The third-order valence-corrected chi connectivity index (χ3v) is 7.76. The first kappa shape index (κ1) is 29.1. The number of carbonyl (C=O) groups excluding carboxylic acids is 1. The average molecular weight is 562 g/mol. The van der Waals surface area contributed by atoms with Gasteiger partial charge in [0.25, 0.3) is 5.56 Å². The van der Waals surface area contributed by atoms with Crippen molar-refractivity contribution in [3.63, 3.8) is 0 Å². The van der Waals surface area contributed by atoms with E-state index in [2.05, 4.69) is 5.09 Å². The maximum atomic E-state index is 15.1. The van der Waals surface area contributed by atoms with Gasteiger partial charge in [0.05, 0.1) is 6.10 Å². The first-order valence-corrected chi connectivity index (χ1v) is 13.9. The van der Waals surface area contributed by atoms with Gasteiger partial charge in [0.15, 0.2) is 12.4 Å². The first-order chi connectivity index (χ1) is 17.4. The molecule has 1 aliphatic heterocycles. The number of aliphatic hydroxyl groups excluding tert-OH is 1. The van der Waals surface area contributed by atoms with Gasteiger partial charge in [0.2, 0.25) is 5.79 Å². The van der Waals surface area contributed by atoms with Crippen molar-refractivity contribution in [2.24, 2.45) is 0 Å². The lowest BCUT2D eigenvalue weighted by molar-refractivity contribution is -0.266. The van der Waals surface area contributed by atoms with E-state index in [0.717, 1.165) is 23.9 Å². The molecule has 1 aromatic carbocycles. The maximum Gasteiger partial charge on any atom is 0.330 e. The van der Waals surface area contributed by atoms with Crippen LogP contribution in [-0.4, -0.2) is 64.6 Å². The van der Waals surface area contributed by atoms with E-state index in [0.29, 0.717) is 5.75 Å². The van der Waals surface area contributed by atoms with Crippen molar-refractivity contribution in [1.82, 2.24) is 14.6 Å². The number of carbonyl (C=O) groups is 1. The van der Waals surface area contributed by atoms with E-state index in [1.54, 1.807) is 44.2 Å². The Morgan fingerprint density at radius 3 is 2.57 bits per heavy atom. The summed E-state index contributed by atoms with van der Waals surface area (Å²) in [6, 6.07) is 8.45. The number of alkyl halides is 1. The Balaban J connectivity index is 1.86. The van der Waals surface area contributed by atoms with Crippen LogP contribution >= 0.6 is 6.64 Å². The number of hydrogen-bond acceptors (Lipinski definition) is 10. The summed E-state index contributed by atoms with van der Waals surface area (Å²) in [4.78, 5) is 38.0. The zero-order chi connectivity index (χ0) is 27.4. The third kappa shape index (κ3) is 6.90. The predicted molar refractivity (Wildman–Crippen MR) is 133 cm³/mol. The SMILES string of the molecule is COC1(COP(=S)(NC(C)C(=O)OC(C)C)Oc2ccccc2)OC(n2ccc(=O)[nH]c2=O)C(F)C1O. The lowest BCUT2D eigenvalue weighted by Gasteiger charge is -2.33. The molecule has 6 atom stereocenters. The fourth-order valence-electron chi connectivity index (χ4n) is 3.43. The Morgan fingerprint density at radius 2 is 1.97 bits per heavy atom. The molecule has 0 radical (unpaired) electrons. The maximum absolute atomic E-state index is 15.1. The second-order valence-electron chi connectivity index (χ2n) is 8.44. The van der Waals surface area contributed by atoms with Crippen molar-refractivity contribution in [1.29, 1.82) is 0 Å². The fourth-order valence-corrected chi connectivity index (χ4v) is 5.83. The largest absolute Gasteiger partial charge is 0.462 e. The minimum Gasteiger partial charge on any atom is -0.462 e. The molecule has 1 saturated heterocycles. The molecule has 1 aliphatic rings. The summed E-state index contributed by atoms with van der Waals surface area (Å²) in [7, 11) is 1.15. The summed E-state index contributed by atoms with van der Waals surface area (Å²) in [6.07, 6.45) is -5.06. The van der Waals surface area contributed by atoms with E-state index in [-0.39, 0.29) is 6.10 Å². The summed E-state index contributed by atoms with van der Waals surface area (Å²) in [5.41, 5.74) is -1.64. The van der Waals surface area contributed by atoms with E-state index in [1.165, 1.54) is 6.92 Å². The number of H-pyrrole nitrogens is 1. The van der Waals surface area contributed by atoms with Gasteiger partial charge >= 0.3 is 18.3 Å². The number of hydrogen-bond donors (Lipinski definition) is 3. The number of aromatic amines is 1. The Kier molecular flexibility index (Phi) is 9.40. The van der Waals surface area contributed by atoms with Crippen molar-refractivity contribution >= 4 is 24.4 Å². The molecule has 0 bridgehead atoms. The van der Waals surface area contributed by atoms with Crippen LogP contribution in [-0.2, 0) is 35.3 Å². The molecular formula is C22H29FN3O9PS. The molecule has 3 N–H and O–H groups in total. The minimum absolute atomic E-state index is 0.322. The quantitative estimate of drug-likeness (QED) is 0.270.